The van der Waals surface area contributed by atoms with Crippen molar-refractivity contribution in [2.24, 2.45) is 7.05 Å². The molecule has 0 saturated carbocycles. The molecule has 136 valence electrons. The van der Waals surface area contributed by atoms with Crippen LogP contribution in [-0.2, 0) is 13.6 Å². The molecule has 0 unspecified atom stereocenters. The average Bonchev–Trinajstić information content (AvgIpc) is 3.22. The van der Waals surface area contributed by atoms with Crippen molar-refractivity contribution >= 4 is 11.6 Å². The molecule has 0 spiro atoms. The highest BCUT2D eigenvalue weighted by Crippen LogP contribution is 2.21. The number of hydrogen-bond donors (Lipinski definition) is 1. The van der Waals surface area contributed by atoms with Crippen molar-refractivity contribution in [3.05, 3.63) is 71.6 Å². The Balaban J connectivity index is 1.61. The highest BCUT2D eigenvalue weighted by Gasteiger charge is 2.16. The van der Waals surface area contributed by atoms with E-state index in [-0.39, 0.29) is 5.91 Å². The first-order valence-corrected chi connectivity index (χ1v) is 8.71. The Bertz CT molecular complexity index is 1130. The molecular weight excluding hydrogens is 340 g/mol. The zero-order chi connectivity index (χ0) is 19.0. The van der Waals surface area contributed by atoms with Gasteiger partial charge in [0.15, 0.2) is 5.65 Å². The molecule has 1 aromatic carbocycles. The van der Waals surface area contributed by atoms with Crippen LogP contribution in [0.3, 0.4) is 0 Å². The molecule has 4 aromatic rings. The van der Waals surface area contributed by atoms with E-state index in [1.165, 1.54) is 0 Å². The maximum atomic E-state index is 12.6. The Morgan fingerprint density at radius 2 is 1.96 bits per heavy atom. The van der Waals surface area contributed by atoms with Crippen LogP contribution >= 0.6 is 0 Å². The van der Waals surface area contributed by atoms with Crippen LogP contribution in [0.1, 0.15) is 27.4 Å². The normalized spacial score (nSPS) is 11.1. The number of aromatic nitrogens is 5. The number of carbonyl (C=O) groups excluding carboxylic acids is 1. The molecule has 1 N–H and O–H groups in total. The SMILES string of the molecule is Cc1nn(C)c(C)c1CNC(=O)c1cn2ccnc(-c3ccccc3)c2n1. The topological polar surface area (TPSA) is 77.1 Å². The summed E-state index contributed by atoms with van der Waals surface area (Å²) in [7, 11) is 1.90. The third-order valence-electron chi connectivity index (χ3n) is 4.74. The van der Waals surface area contributed by atoms with Crippen LogP contribution in [0.2, 0.25) is 0 Å². The van der Waals surface area contributed by atoms with Crippen molar-refractivity contribution in [2.45, 2.75) is 20.4 Å². The van der Waals surface area contributed by atoms with Crippen LogP contribution in [0.4, 0.5) is 0 Å². The number of rotatable bonds is 4. The number of aryl methyl sites for hydroxylation is 2. The van der Waals surface area contributed by atoms with Crippen LogP contribution in [0, 0.1) is 13.8 Å². The van der Waals surface area contributed by atoms with Gasteiger partial charge in [0.05, 0.1) is 5.69 Å². The fourth-order valence-corrected chi connectivity index (χ4v) is 3.16. The number of amides is 1. The van der Waals surface area contributed by atoms with Gasteiger partial charge in [-0.2, -0.15) is 5.10 Å². The lowest BCUT2D eigenvalue weighted by molar-refractivity contribution is 0.0946. The molecule has 0 saturated heterocycles. The standard InChI is InChI=1S/C20H20N6O/c1-13-16(14(2)25(3)24-13)11-22-20(27)17-12-26-10-9-21-18(19(26)23-17)15-7-5-4-6-8-15/h4-10,12H,11H2,1-3H3,(H,22,27). The van der Waals surface area contributed by atoms with Crippen LogP contribution in [-0.4, -0.2) is 30.1 Å². The average molecular weight is 360 g/mol. The predicted molar refractivity (Wildman–Crippen MR) is 102 cm³/mol. The van der Waals surface area contributed by atoms with Gasteiger partial charge >= 0.3 is 0 Å². The molecule has 3 heterocycles. The summed E-state index contributed by atoms with van der Waals surface area (Å²) in [5.41, 5.74) is 5.71. The summed E-state index contributed by atoms with van der Waals surface area (Å²) in [6.07, 6.45) is 5.23. The van der Waals surface area contributed by atoms with Crippen LogP contribution in [0.5, 0.6) is 0 Å². The molecule has 1 amide bonds. The second-order valence-electron chi connectivity index (χ2n) is 6.45. The molecule has 4 rings (SSSR count). The Labute approximate surface area is 156 Å². The van der Waals surface area contributed by atoms with Crippen LogP contribution < -0.4 is 5.32 Å². The molecule has 0 fully saturated rings. The van der Waals surface area contributed by atoms with E-state index < -0.39 is 0 Å². The fraction of sp³-hybridized carbons (Fsp3) is 0.200. The molecule has 27 heavy (non-hydrogen) atoms. The largest absolute Gasteiger partial charge is 0.346 e. The number of nitrogens with one attached hydrogen (secondary N) is 1. The maximum Gasteiger partial charge on any atom is 0.271 e. The molecule has 0 aliphatic rings. The molecule has 0 aliphatic heterocycles. The van der Waals surface area contributed by atoms with Gasteiger partial charge in [-0.05, 0) is 13.8 Å². The highest BCUT2D eigenvalue weighted by molar-refractivity contribution is 5.93. The smallest absolute Gasteiger partial charge is 0.271 e. The van der Waals surface area contributed by atoms with E-state index in [1.807, 2.05) is 60.3 Å². The maximum absolute atomic E-state index is 12.6. The first kappa shape index (κ1) is 17.0. The van der Waals surface area contributed by atoms with E-state index in [1.54, 1.807) is 18.6 Å². The summed E-state index contributed by atoms with van der Waals surface area (Å²) in [6.45, 7) is 4.35. The van der Waals surface area contributed by atoms with Crippen molar-refractivity contribution in [1.82, 2.24) is 29.5 Å². The molecule has 7 heteroatoms. The van der Waals surface area contributed by atoms with Gasteiger partial charge in [0.1, 0.15) is 11.4 Å². The van der Waals surface area contributed by atoms with Gasteiger partial charge in [-0.1, -0.05) is 30.3 Å². The summed E-state index contributed by atoms with van der Waals surface area (Å²) in [5, 5.41) is 7.32. The number of fused-ring (bicyclic) bond motifs is 1. The van der Waals surface area contributed by atoms with E-state index in [4.69, 9.17) is 0 Å². The first-order valence-electron chi connectivity index (χ1n) is 8.71. The molecule has 0 bridgehead atoms. The van der Waals surface area contributed by atoms with Crippen molar-refractivity contribution in [2.75, 3.05) is 0 Å². The monoisotopic (exact) mass is 360 g/mol. The lowest BCUT2D eigenvalue weighted by Crippen LogP contribution is -2.23. The van der Waals surface area contributed by atoms with E-state index in [2.05, 4.69) is 20.4 Å². The Kier molecular flexibility index (Phi) is 4.19. The van der Waals surface area contributed by atoms with Crippen molar-refractivity contribution in [3.8, 4) is 11.3 Å². The van der Waals surface area contributed by atoms with Gasteiger partial charge in [0.25, 0.3) is 5.91 Å². The van der Waals surface area contributed by atoms with Gasteiger partial charge in [0, 0.05) is 49.0 Å². The van der Waals surface area contributed by atoms with E-state index in [9.17, 15) is 4.79 Å². The summed E-state index contributed by atoms with van der Waals surface area (Å²) in [4.78, 5) is 21.6. The number of imidazole rings is 1. The first-order chi connectivity index (χ1) is 13.0. The minimum atomic E-state index is -0.222. The van der Waals surface area contributed by atoms with Gasteiger partial charge in [-0.15, -0.1) is 0 Å². The summed E-state index contributed by atoms with van der Waals surface area (Å²) in [6, 6.07) is 9.82. The van der Waals surface area contributed by atoms with E-state index >= 15 is 0 Å². The number of hydrogen-bond acceptors (Lipinski definition) is 4. The third kappa shape index (κ3) is 3.08. The van der Waals surface area contributed by atoms with Gasteiger partial charge in [-0.3, -0.25) is 14.5 Å². The summed E-state index contributed by atoms with van der Waals surface area (Å²) >= 11 is 0. The van der Waals surface area contributed by atoms with Crippen molar-refractivity contribution < 1.29 is 4.79 Å². The minimum Gasteiger partial charge on any atom is -0.346 e. The summed E-state index contributed by atoms with van der Waals surface area (Å²) in [5.74, 6) is -0.222. The predicted octanol–water partition coefficient (Wildman–Crippen LogP) is 2.68. The van der Waals surface area contributed by atoms with Crippen LogP contribution in [0.25, 0.3) is 16.9 Å². The minimum absolute atomic E-state index is 0.222. The molecule has 0 radical (unpaired) electrons. The molecule has 0 atom stereocenters. The third-order valence-corrected chi connectivity index (χ3v) is 4.74. The number of nitrogens with zero attached hydrogens (tertiary/aromatic N) is 5. The molecule has 7 nitrogen and oxygen atoms in total. The second-order valence-corrected chi connectivity index (χ2v) is 6.45. The van der Waals surface area contributed by atoms with Gasteiger partial charge in [-0.25, -0.2) is 4.98 Å². The Morgan fingerprint density at radius 1 is 1.19 bits per heavy atom. The van der Waals surface area contributed by atoms with E-state index in [0.717, 1.165) is 28.2 Å². The molecule has 0 aliphatic carbocycles. The molecular formula is C20H20N6O. The highest BCUT2D eigenvalue weighted by atomic mass is 16.1. The Hall–Kier alpha value is -3.48. The lowest BCUT2D eigenvalue weighted by atomic mass is 10.1. The number of carbonyl (C=O) groups is 1. The second kappa shape index (κ2) is 6.68. The Morgan fingerprint density at radius 3 is 2.67 bits per heavy atom. The van der Waals surface area contributed by atoms with Crippen molar-refractivity contribution in [1.29, 1.82) is 0 Å². The van der Waals surface area contributed by atoms with Gasteiger partial charge in [0.2, 0.25) is 0 Å². The fourth-order valence-electron chi connectivity index (χ4n) is 3.16. The van der Waals surface area contributed by atoms with Crippen LogP contribution in [0.15, 0.2) is 48.9 Å². The zero-order valence-corrected chi connectivity index (χ0v) is 15.5. The zero-order valence-electron chi connectivity index (χ0n) is 15.5. The summed E-state index contributed by atoms with van der Waals surface area (Å²) < 4.78 is 3.64. The molecule has 3 aromatic heterocycles. The van der Waals surface area contributed by atoms with Gasteiger partial charge < -0.3 is 9.72 Å². The quantitative estimate of drug-likeness (QED) is 0.607. The number of benzene rings is 1. The van der Waals surface area contributed by atoms with Crippen molar-refractivity contribution in [3.63, 3.8) is 0 Å². The van der Waals surface area contributed by atoms with E-state index in [0.29, 0.717) is 17.9 Å². The lowest BCUT2D eigenvalue weighted by Gasteiger charge is -2.04.